The molecule has 0 aliphatic heterocycles. The van der Waals surface area contributed by atoms with Gasteiger partial charge in [0.2, 0.25) is 5.95 Å². The van der Waals surface area contributed by atoms with E-state index in [0.717, 1.165) is 0 Å². The Balaban J connectivity index is 2.10. The van der Waals surface area contributed by atoms with Crippen molar-refractivity contribution >= 4 is 23.2 Å². The molecule has 1 atom stereocenters. The molecule has 130 valence electrons. The van der Waals surface area contributed by atoms with Crippen LogP contribution in [0.25, 0.3) is 0 Å². The molecular weight excluding hydrogens is 322 g/mol. The van der Waals surface area contributed by atoms with E-state index in [1.54, 1.807) is 17.5 Å². The zero-order valence-electron chi connectivity index (χ0n) is 15.1. The van der Waals surface area contributed by atoms with Gasteiger partial charge >= 0.3 is 0 Å². The predicted molar refractivity (Wildman–Crippen MR) is 98.9 cm³/mol. The molecule has 24 heavy (non-hydrogen) atoms. The number of amides is 1. The van der Waals surface area contributed by atoms with Crippen molar-refractivity contribution in [1.82, 2.24) is 20.2 Å². The van der Waals surface area contributed by atoms with Crippen molar-refractivity contribution in [3.63, 3.8) is 0 Å². The number of nitrogens with one attached hydrogen (secondary N) is 1. The summed E-state index contributed by atoms with van der Waals surface area (Å²) >= 11 is 1.72. The van der Waals surface area contributed by atoms with Crippen LogP contribution >= 0.6 is 11.3 Å². The van der Waals surface area contributed by atoms with Crippen LogP contribution in [0.2, 0.25) is 0 Å². The van der Waals surface area contributed by atoms with Gasteiger partial charge in [0, 0.05) is 31.7 Å². The molecule has 0 saturated carbocycles. The van der Waals surface area contributed by atoms with E-state index < -0.39 is 0 Å². The highest BCUT2D eigenvalue weighted by atomic mass is 32.1. The molecule has 0 aromatic carbocycles. The number of anilines is 1. The number of rotatable bonds is 6. The first-order valence-electron chi connectivity index (χ1n) is 7.80. The highest BCUT2D eigenvalue weighted by Crippen LogP contribution is 2.26. The minimum absolute atomic E-state index is 0.140. The molecule has 2 rings (SSSR count). The van der Waals surface area contributed by atoms with E-state index in [-0.39, 0.29) is 11.9 Å². The van der Waals surface area contributed by atoms with Crippen LogP contribution in [0.15, 0.2) is 17.6 Å². The number of carbonyl (C=O) groups excluding carboxylic acids is 1. The summed E-state index contributed by atoms with van der Waals surface area (Å²) in [5.41, 5.74) is 2.45. The van der Waals surface area contributed by atoms with Crippen LogP contribution < -0.4 is 10.2 Å². The second-order valence-corrected chi connectivity index (χ2v) is 7.17. The standard InChI is InChI=1S/C17H25N5OS/c1-11-7-8-24-15(11)14(21(3)4)10-18-16(23)13-9-19-17(22(5)6)20-12(13)2/h7-9,14H,10H2,1-6H3,(H,18,23)/t14-/m1/s1. The molecule has 0 spiro atoms. The third-order valence-electron chi connectivity index (χ3n) is 3.89. The second-order valence-electron chi connectivity index (χ2n) is 6.22. The van der Waals surface area contributed by atoms with E-state index >= 15 is 0 Å². The van der Waals surface area contributed by atoms with Crippen molar-refractivity contribution in [3.8, 4) is 0 Å². The SMILES string of the molecule is Cc1ccsc1[C@@H](CNC(=O)c1cnc(N(C)C)nc1C)N(C)C. The minimum Gasteiger partial charge on any atom is -0.350 e. The number of likely N-dealkylation sites (N-methyl/N-ethyl adjacent to an activating group) is 1. The molecule has 1 N–H and O–H groups in total. The molecule has 0 saturated heterocycles. The third-order valence-corrected chi connectivity index (χ3v) is 5.02. The number of aryl methyl sites for hydroxylation is 2. The highest BCUT2D eigenvalue weighted by molar-refractivity contribution is 7.10. The quantitative estimate of drug-likeness (QED) is 0.868. The van der Waals surface area contributed by atoms with Gasteiger partial charge in [-0.3, -0.25) is 4.79 Å². The van der Waals surface area contributed by atoms with Crippen molar-refractivity contribution in [2.24, 2.45) is 0 Å². The van der Waals surface area contributed by atoms with Gasteiger partial charge in [-0.15, -0.1) is 11.3 Å². The minimum atomic E-state index is -0.140. The average Bonchev–Trinajstić information content (AvgIpc) is 2.92. The molecule has 0 radical (unpaired) electrons. The predicted octanol–water partition coefficient (Wildman–Crippen LogP) is 2.25. The van der Waals surface area contributed by atoms with Gasteiger partial charge in [-0.1, -0.05) is 0 Å². The van der Waals surface area contributed by atoms with Crippen LogP contribution in [-0.2, 0) is 0 Å². The lowest BCUT2D eigenvalue weighted by atomic mass is 10.1. The van der Waals surface area contributed by atoms with E-state index in [0.29, 0.717) is 23.8 Å². The van der Waals surface area contributed by atoms with Gasteiger partial charge in [0.05, 0.1) is 17.3 Å². The topological polar surface area (TPSA) is 61.4 Å². The fraction of sp³-hybridized carbons (Fsp3) is 0.471. The lowest BCUT2D eigenvalue weighted by Crippen LogP contribution is -2.35. The zero-order chi connectivity index (χ0) is 17.9. The van der Waals surface area contributed by atoms with E-state index in [2.05, 4.69) is 38.6 Å². The molecule has 1 amide bonds. The Morgan fingerprint density at radius 3 is 2.50 bits per heavy atom. The van der Waals surface area contributed by atoms with Crippen molar-refractivity contribution < 1.29 is 4.79 Å². The second kappa shape index (κ2) is 7.72. The summed E-state index contributed by atoms with van der Waals surface area (Å²) in [6.45, 7) is 4.47. The largest absolute Gasteiger partial charge is 0.350 e. The molecule has 0 aliphatic rings. The summed E-state index contributed by atoms with van der Waals surface area (Å²) in [7, 11) is 7.80. The van der Waals surface area contributed by atoms with Crippen molar-refractivity contribution in [2.75, 3.05) is 39.6 Å². The Morgan fingerprint density at radius 2 is 2.00 bits per heavy atom. The highest BCUT2D eigenvalue weighted by Gasteiger charge is 2.20. The summed E-state index contributed by atoms with van der Waals surface area (Å²) in [6, 6.07) is 2.26. The maximum Gasteiger partial charge on any atom is 0.254 e. The maximum atomic E-state index is 12.5. The molecule has 2 aromatic rings. The Morgan fingerprint density at radius 1 is 1.29 bits per heavy atom. The normalized spacial score (nSPS) is 12.3. The Labute approximate surface area is 147 Å². The molecule has 7 heteroatoms. The van der Waals surface area contributed by atoms with E-state index in [1.165, 1.54) is 10.4 Å². The molecule has 6 nitrogen and oxygen atoms in total. The van der Waals surface area contributed by atoms with Gasteiger partial charge in [0.15, 0.2) is 0 Å². The van der Waals surface area contributed by atoms with Crippen LogP contribution in [0.5, 0.6) is 0 Å². The molecule has 0 aliphatic carbocycles. The zero-order valence-corrected chi connectivity index (χ0v) is 15.9. The fourth-order valence-corrected chi connectivity index (χ4v) is 3.54. The monoisotopic (exact) mass is 347 g/mol. The molecule has 2 heterocycles. The molecular formula is C17H25N5OS. The van der Waals surface area contributed by atoms with Gasteiger partial charge in [0.1, 0.15) is 0 Å². The van der Waals surface area contributed by atoms with Crippen molar-refractivity contribution in [3.05, 3.63) is 39.3 Å². The number of hydrogen-bond donors (Lipinski definition) is 1. The van der Waals surface area contributed by atoms with Crippen LogP contribution in [0.1, 0.15) is 32.5 Å². The van der Waals surface area contributed by atoms with Crippen molar-refractivity contribution in [1.29, 1.82) is 0 Å². The number of nitrogens with zero attached hydrogens (tertiary/aromatic N) is 4. The van der Waals surface area contributed by atoms with Gasteiger partial charge in [-0.05, 0) is 45.0 Å². The van der Waals surface area contributed by atoms with Crippen LogP contribution in [0.3, 0.4) is 0 Å². The first kappa shape index (κ1) is 18.4. The van der Waals surface area contributed by atoms with E-state index in [4.69, 9.17) is 0 Å². The van der Waals surface area contributed by atoms with Gasteiger partial charge in [0.25, 0.3) is 5.91 Å². The number of aromatic nitrogens is 2. The Bertz CT molecular complexity index is 711. The van der Waals surface area contributed by atoms with Gasteiger partial charge in [-0.2, -0.15) is 0 Å². The summed E-state index contributed by atoms with van der Waals surface area (Å²) in [4.78, 5) is 26.3. The maximum absolute atomic E-state index is 12.5. The average molecular weight is 347 g/mol. The summed E-state index contributed by atoms with van der Waals surface area (Å²) in [5, 5.41) is 5.10. The summed E-state index contributed by atoms with van der Waals surface area (Å²) < 4.78 is 0. The lowest BCUT2D eigenvalue weighted by molar-refractivity contribution is 0.0940. The van der Waals surface area contributed by atoms with Gasteiger partial charge < -0.3 is 15.1 Å². The number of hydrogen-bond acceptors (Lipinski definition) is 6. The smallest absolute Gasteiger partial charge is 0.254 e. The van der Waals surface area contributed by atoms with Crippen molar-refractivity contribution in [2.45, 2.75) is 19.9 Å². The van der Waals surface area contributed by atoms with E-state index in [9.17, 15) is 4.79 Å². The third kappa shape index (κ3) is 4.10. The molecule has 0 unspecified atom stereocenters. The lowest BCUT2D eigenvalue weighted by Gasteiger charge is -2.24. The van der Waals surface area contributed by atoms with Gasteiger partial charge in [-0.25, -0.2) is 9.97 Å². The Hall–Kier alpha value is -1.99. The molecule has 0 bridgehead atoms. The fourth-order valence-electron chi connectivity index (χ4n) is 2.41. The first-order chi connectivity index (χ1) is 11.3. The van der Waals surface area contributed by atoms with Crippen LogP contribution in [0, 0.1) is 13.8 Å². The summed E-state index contributed by atoms with van der Waals surface area (Å²) in [6.07, 6.45) is 1.59. The number of thiophene rings is 1. The Kier molecular flexibility index (Phi) is 5.90. The van der Waals surface area contributed by atoms with Crippen LogP contribution in [-0.4, -0.2) is 55.5 Å². The van der Waals surface area contributed by atoms with Crippen LogP contribution in [0.4, 0.5) is 5.95 Å². The number of carbonyl (C=O) groups is 1. The molecule has 2 aromatic heterocycles. The first-order valence-corrected chi connectivity index (χ1v) is 8.68. The molecule has 0 fully saturated rings. The van der Waals surface area contributed by atoms with E-state index in [1.807, 2.05) is 40.0 Å². The summed E-state index contributed by atoms with van der Waals surface area (Å²) in [5.74, 6) is 0.461.